The summed E-state index contributed by atoms with van der Waals surface area (Å²) in [6, 6.07) is 5.83. The smallest absolute Gasteiger partial charge is 0.292 e. The van der Waals surface area contributed by atoms with Gasteiger partial charge in [0.15, 0.2) is 0 Å². The highest BCUT2D eigenvalue weighted by molar-refractivity contribution is 5.62. The second kappa shape index (κ2) is 6.67. The first-order valence-corrected chi connectivity index (χ1v) is 7.01. The molecule has 0 spiro atoms. The number of rotatable bonds is 8. The Morgan fingerprint density at radius 1 is 1.50 bits per heavy atom. The van der Waals surface area contributed by atoms with E-state index in [2.05, 4.69) is 10.2 Å². The van der Waals surface area contributed by atoms with Gasteiger partial charge in [0.05, 0.1) is 11.5 Å². The van der Waals surface area contributed by atoms with E-state index in [1.807, 2.05) is 13.0 Å². The Morgan fingerprint density at radius 2 is 2.25 bits per heavy atom. The highest BCUT2D eigenvalue weighted by Crippen LogP contribution is 2.30. The van der Waals surface area contributed by atoms with Gasteiger partial charge in [-0.15, -0.1) is 0 Å². The van der Waals surface area contributed by atoms with E-state index in [4.69, 9.17) is 5.11 Å². The zero-order valence-electron chi connectivity index (χ0n) is 11.7. The lowest BCUT2D eigenvalue weighted by Gasteiger charge is -2.21. The molecule has 0 radical (unpaired) electrons. The van der Waals surface area contributed by atoms with Crippen molar-refractivity contribution in [3.63, 3.8) is 0 Å². The fraction of sp³-hybridized carbons (Fsp3) is 0.571. The summed E-state index contributed by atoms with van der Waals surface area (Å²) in [5.74, 6) is 0. The Hall–Kier alpha value is -1.66. The van der Waals surface area contributed by atoms with Gasteiger partial charge in [0.1, 0.15) is 5.69 Å². The molecule has 0 saturated heterocycles. The average molecular weight is 279 g/mol. The number of nitrogens with zero attached hydrogens (tertiary/aromatic N) is 2. The monoisotopic (exact) mass is 279 g/mol. The van der Waals surface area contributed by atoms with Crippen LogP contribution in [0.1, 0.15) is 25.3 Å². The molecule has 1 fully saturated rings. The first kappa shape index (κ1) is 14.7. The first-order chi connectivity index (χ1) is 9.65. The molecule has 1 aromatic carbocycles. The molecule has 0 heterocycles. The van der Waals surface area contributed by atoms with E-state index in [1.165, 1.54) is 0 Å². The summed E-state index contributed by atoms with van der Waals surface area (Å²) in [5, 5.41) is 23.2. The fourth-order valence-corrected chi connectivity index (χ4v) is 2.36. The Morgan fingerprint density at radius 3 is 2.80 bits per heavy atom. The summed E-state index contributed by atoms with van der Waals surface area (Å²) in [4.78, 5) is 13.0. The Bertz CT molecular complexity index is 475. The molecule has 2 N–H and O–H groups in total. The highest BCUT2D eigenvalue weighted by atomic mass is 16.6. The SMILES string of the molecule is CCNc1ccc(CN(CCO)C2CC2)cc1[N+](=O)[O-]. The molecule has 20 heavy (non-hydrogen) atoms. The van der Waals surface area contributed by atoms with Crippen molar-refractivity contribution in [1.82, 2.24) is 4.90 Å². The lowest BCUT2D eigenvalue weighted by atomic mass is 10.1. The molecule has 1 aliphatic carbocycles. The van der Waals surface area contributed by atoms with Gasteiger partial charge in [0.25, 0.3) is 5.69 Å². The summed E-state index contributed by atoms with van der Waals surface area (Å²) >= 11 is 0. The zero-order chi connectivity index (χ0) is 14.5. The standard InChI is InChI=1S/C14H21N3O3/c1-2-15-13-6-3-11(9-14(13)17(19)20)10-16(7-8-18)12-4-5-12/h3,6,9,12,15,18H,2,4-5,7-8,10H2,1H3. The van der Waals surface area contributed by atoms with Crippen LogP contribution in [0.2, 0.25) is 0 Å². The second-order valence-corrected chi connectivity index (χ2v) is 5.06. The van der Waals surface area contributed by atoms with E-state index >= 15 is 0 Å². The first-order valence-electron chi connectivity index (χ1n) is 7.01. The van der Waals surface area contributed by atoms with Crippen LogP contribution in [0.4, 0.5) is 11.4 Å². The quantitative estimate of drug-likeness (QED) is 0.562. The zero-order valence-corrected chi connectivity index (χ0v) is 11.7. The number of nitro groups is 1. The van der Waals surface area contributed by atoms with Gasteiger partial charge in [-0.05, 0) is 31.4 Å². The fourth-order valence-electron chi connectivity index (χ4n) is 2.36. The van der Waals surface area contributed by atoms with E-state index in [9.17, 15) is 10.1 Å². The minimum absolute atomic E-state index is 0.115. The van der Waals surface area contributed by atoms with Gasteiger partial charge in [-0.1, -0.05) is 6.07 Å². The van der Waals surface area contributed by atoms with Crippen LogP contribution < -0.4 is 5.32 Å². The molecule has 110 valence electrons. The molecule has 0 bridgehead atoms. The average Bonchev–Trinajstić information content (AvgIpc) is 3.24. The van der Waals surface area contributed by atoms with Gasteiger partial charge < -0.3 is 10.4 Å². The van der Waals surface area contributed by atoms with E-state index in [1.54, 1.807) is 12.1 Å². The van der Waals surface area contributed by atoms with Gasteiger partial charge in [-0.25, -0.2) is 0 Å². The Labute approximate surface area is 118 Å². The van der Waals surface area contributed by atoms with Crippen LogP contribution in [-0.4, -0.2) is 40.7 Å². The third-order valence-corrected chi connectivity index (χ3v) is 3.46. The van der Waals surface area contributed by atoms with Crippen LogP contribution in [0.3, 0.4) is 0 Å². The molecule has 1 saturated carbocycles. The molecule has 0 unspecified atom stereocenters. The van der Waals surface area contributed by atoms with E-state index in [0.717, 1.165) is 18.4 Å². The largest absolute Gasteiger partial charge is 0.395 e. The van der Waals surface area contributed by atoms with Crippen molar-refractivity contribution in [2.24, 2.45) is 0 Å². The molecule has 1 aliphatic rings. The second-order valence-electron chi connectivity index (χ2n) is 5.06. The van der Waals surface area contributed by atoms with Crippen molar-refractivity contribution in [1.29, 1.82) is 0 Å². The summed E-state index contributed by atoms with van der Waals surface area (Å²) < 4.78 is 0. The van der Waals surface area contributed by atoms with E-state index in [0.29, 0.717) is 31.4 Å². The lowest BCUT2D eigenvalue weighted by Crippen LogP contribution is -2.28. The number of nitro benzene ring substituents is 1. The van der Waals surface area contributed by atoms with Gasteiger partial charge >= 0.3 is 0 Å². The third-order valence-electron chi connectivity index (χ3n) is 3.46. The van der Waals surface area contributed by atoms with Crippen molar-refractivity contribution in [2.75, 3.05) is 25.0 Å². The number of aliphatic hydroxyl groups excluding tert-OH is 1. The predicted octanol–water partition coefficient (Wildman–Crippen LogP) is 1.98. The molecule has 2 rings (SSSR count). The number of hydrogen-bond acceptors (Lipinski definition) is 5. The molecule has 0 amide bonds. The summed E-state index contributed by atoms with van der Waals surface area (Å²) in [6.07, 6.45) is 2.30. The number of hydrogen-bond donors (Lipinski definition) is 2. The van der Waals surface area contributed by atoms with Gasteiger partial charge in [0, 0.05) is 31.7 Å². The van der Waals surface area contributed by atoms with Crippen LogP contribution in [0, 0.1) is 10.1 Å². The maximum Gasteiger partial charge on any atom is 0.292 e. The predicted molar refractivity (Wildman–Crippen MR) is 77.8 cm³/mol. The normalized spacial score (nSPS) is 14.6. The number of anilines is 1. The van der Waals surface area contributed by atoms with E-state index in [-0.39, 0.29) is 17.2 Å². The van der Waals surface area contributed by atoms with Crippen molar-refractivity contribution < 1.29 is 10.0 Å². The maximum atomic E-state index is 11.1. The molecule has 0 atom stereocenters. The number of aliphatic hydroxyl groups is 1. The minimum atomic E-state index is -0.352. The molecule has 0 aromatic heterocycles. The lowest BCUT2D eigenvalue weighted by molar-refractivity contribution is -0.384. The molecular weight excluding hydrogens is 258 g/mol. The highest BCUT2D eigenvalue weighted by Gasteiger charge is 2.28. The summed E-state index contributed by atoms with van der Waals surface area (Å²) in [5.41, 5.74) is 1.59. The number of nitrogens with one attached hydrogen (secondary N) is 1. The Kier molecular flexibility index (Phi) is 4.92. The minimum Gasteiger partial charge on any atom is -0.395 e. The van der Waals surface area contributed by atoms with E-state index < -0.39 is 0 Å². The molecule has 1 aromatic rings. The van der Waals surface area contributed by atoms with Crippen LogP contribution >= 0.6 is 0 Å². The maximum absolute atomic E-state index is 11.1. The Balaban J connectivity index is 2.15. The van der Waals surface area contributed by atoms with Crippen LogP contribution in [-0.2, 0) is 6.54 Å². The van der Waals surface area contributed by atoms with Crippen molar-refractivity contribution in [2.45, 2.75) is 32.4 Å². The number of benzene rings is 1. The van der Waals surface area contributed by atoms with Crippen molar-refractivity contribution in [3.8, 4) is 0 Å². The molecule has 0 aliphatic heterocycles. The van der Waals surface area contributed by atoms with Gasteiger partial charge in [-0.3, -0.25) is 15.0 Å². The molecular formula is C14H21N3O3. The third kappa shape index (κ3) is 3.68. The topological polar surface area (TPSA) is 78.6 Å². The van der Waals surface area contributed by atoms with Crippen LogP contribution in [0.5, 0.6) is 0 Å². The van der Waals surface area contributed by atoms with Gasteiger partial charge in [-0.2, -0.15) is 0 Å². The summed E-state index contributed by atoms with van der Waals surface area (Å²) in [6.45, 7) is 3.95. The van der Waals surface area contributed by atoms with Crippen molar-refractivity contribution >= 4 is 11.4 Å². The molecule has 6 nitrogen and oxygen atoms in total. The van der Waals surface area contributed by atoms with Crippen LogP contribution in [0.15, 0.2) is 18.2 Å². The van der Waals surface area contributed by atoms with Gasteiger partial charge in [0.2, 0.25) is 0 Å². The summed E-state index contributed by atoms with van der Waals surface area (Å²) in [7, 11) is 0. The van der Waals surface area contributed by atoms with Crippen LogP contribution in [0.25, 0.3) is 0 Å². The molecule has 6 heteroatoms. The van der Waals surface area contributed by atoms with Crippen molar-refractivity contribution in [3.05, 3.63) is 33.9 Å².